The van der Waals surface area contributed by atoms with Crippen LogP contribution < -0.4 is 5.73 Å². The van der Waals surface area contributed by atoms with E-state index in [2.05, 4.69) is 38.6 Å². The van der Waals surface area contributed by atoms with Gasteiger partial charge in [-0.1, -0.05) is 6.92 Å². The lowest BCUT2D eigenvalue weighted by Crippen LogP contribution is -2.36. The van der Waals surface area contributed by atoms with Gasteiger partial charge in [0.1, 0.15) is 11.6 Å². The first-order valence-electron chi connectivity index (χ1n) is 7.70. The van der Waals surface area contributed by atoms with Gasteiger partial charge in [0, 0.05) is 44.1 Å². The monoisotopic (exact) mass is 285 g/mol. The number of nitrogen functional groups attached to an aromatic ring is 1. The number of hydrogen-bond acceptors (Lipinski definition) is 4. The summed E-state index contributed by atoms with van der Waals surface area (Å²) in [6.07, 6.45) is 9.28. The first kappa shape index (κ1) is 14.1. The van der Waals surface area contributed by atoms with E-state index in [1.807, 2.05) is 12.3 Å². The van der Waals surface area contributed by atoms with Crippen molar-refractivity contribution < 1.29 is 0 Å². The molecular formula is C16H23N5. The largest absolute Gasteiger partial charge is 0.384 e. The zero-order chi connectivity index (χ0) is 14.7. The van der Waals surface area contributed by atoms with Gasteiger partial charge in [-0.3, -0.25) is 4.90 Å². The van der Waals surface area contributed by atoms with Crippen molar-refractivity contribution in [3.63, 3.8) is 0 Å². The van der Waals surface area contributed by atoms with Gasteiger partial charge in [-0.2, -0.15) is 0 Å². The number of rotatable bonds is 4. The Morgan fingerprint density at radius 1 is 1.33 bits per heavy atom. The molecule has 0 bridgehead atoms. The Hall–Kier alpha value is -1.88. The highest BCUT2D eigenvalue weighted by atomic mass is 15.2. The zero-order valence-electron chi connectivity index (χ0n) is 12.6. The maximum atomic E-state index is 5.76. The number of hydrogen-bond donors (Lipinski definition) is 1. The van der Waals surface area contributed by atoms with E-state index in [0.29, 0.717) is 11.9 Å². The van der Waals surface area contributed by atoms with E-state index in [1.165, 1.54) is 24.2 Å². The van der Waals surface area contributed by atoms with Crippen LogP contribution in [0, 0.1) is 0 Å². The Balaban J connectivity index is 1.68. The molecule has 0 radical (unpaired) electrons. The molecule has 3 heterocycles. The van der Waals surface area contributed by atoms with Crippen LogP contribution in [-0.2, 0) is 13.0 Å². The fourth-order valence-corrected chi connectivity index (χ4v) is 3.20. The maximum absolute atomic E-state index is 5.76. The summed E-state index contributed by atoms with van der Waals surface area (Å²) in [5.41, 5.74) is 7.00. The van der Waals surface area contributed by atoms with E-state index >= 15 is 0 Å². The summed E-state index contributed by atoms with van der Waals surface area (Å²) in [5, 5.41) is 0. The second-order valence-corrected chi connectivity index (χ2v) is 5.72. The molecule has 0 spiro atoms. The van der Waals surface area contributed by atoms with Crippen molar-refractivity contribution in [1.82, 2.24) is 19.4 Å². The average molecular weight is 285 g/mol. The molecule has 0 amide bonds. The minimum absolute atomic E-state index is 0.537. The van der Waals surface area contributed by atoms with Crippen molar-refractivity contribution in [3.05, 3.63) is 42.1 Å². The highest BCUT2D eigenvalue weighted by molar-refractivity contribution is 5.31. The van der Waals surface area contributed by atoms with Crippen LogP contribution in [0.5, 0.6) is 0 Å². The summed E-state index contributed by atoms with van der Waals surface area (Å²) in [6, 6.07) is 4.56. The number of aryl methyl sites for hydroxylation is 1. The smallest absolute Gasteiger partial charge is 0.123 e. The normalized spacial score (nSPS) is 19.8. The number of anilines is 1. The van der Waals surface area contributed by atoms with Gasteiger partial charge in [-0.15, -0.1) is 0 Å². The fourth-order valence-electron chi connectivity index (χ4n) is 3.20. The lowest BCUT2D eigenvalue weighted by molar-refractivity contribution is 0.168. The van der Waals surface area contributed by atoms with Crippen LogP contribution in [0.25, 0.3) is 0 Å². The lowest BCUT2D eigenvalue weighted by atomic mass is 10.0. The minimum Gasteiger partial charge on any atom is -0.384 e. The molecule has 5 nitrogen and oxygen atoms in total. The molecule has 3 rings (SSSR count). The van der Waals surface area contributed by atoms with Crippen molar-refractivity contribution in [2.75, 3.05) is 18.8 Å². The summed E-state index contributed by atoms with van der Waals surface area (Å²) in [6.45, 7) is 5.33. The van der Waals surface area contributed by atoms with Crippen LogP contribution in [0.2, 0.25) is 0 Å². The van der Waals surface area contributed by atoms with Crippen LogP contribution >= 0.6 is 0 Å². The van der Waals surface area contributed by atoms with Gasteiger partial charge in [-0.05, 0) is 37.1 Å². The van der Waals surface area contributed by atoms with Gasteiger partial charge < -0.3 is 10.3 Å². The predicted octanol–water partition coefficient (Wildman–Crippen LogP) is 2.26. The first-order chi connectivity index (χ1) is 10.3. The SMILES string of the molecule is CCc1nccn1C1CCCN(Cc2ccnc(N)c2)C1. The molecule has 1 aliphatic rings. The standard InChI is InChI=1S/C16H23N5/c1-2-16-19-7-9-21(16)14-4-3-8-20(12-14)11-13-5-6-18-15(17)10-13/h5-7,9-10,14H,2-4,8,11-12H2,1H3,(H2,17,18). The summed E-state index contributed by atoms with van der Waals surface area (Å²) < 4.78 is 2.35. The zero-order valence-corrected chi connectivity index (χ0v) is 12.6. The molecule has 0 saturated carbocycles. The third-order valence-corrected chi connectivity index (χ3v) is 4.19. The molecule has 2 aromatic heterocycles. The topological polar surface area (TPSA) is 60.0 Å². The number of likely N-dealkylation sites (tertiary alicyclic amines) is 1. The van der Waals surface area contributed by atoms with Crippen molar-refractivity contribution in [2.24, 2.45) is 0 Å². The Labute approximate surface area is 125 Å². The van der Waals surface area contributed by atoms with Crippen molar-refractivity contribution in [1.29, 1.82) is 0 Å². The molecule has 2 aromatic rings. The number of pyridine rings is 1. The van der Waals surface area contributed by atoms with Gasteiger partial charge in [0.25, 0.3) is 0 Å². The predicted molar refractivity (Wildman–Crippen MR) is 83.8 cm³/mol. The van der Waals surface area contributed by atoms with Crippen LogP contribution in [0.15, 0.2) is 30.7 Å². The molecule has 1 saturated heterocycles. The summed E-state index contributed by atoms with van der Waals surface area (Å²) >= 11 is 0. The fraction of sp³-hybridized carbons (Fsp3) is 0.500. The number of piperidine rings is 1. The highest BCUT2D eigenvalue weighted by Gasteiger charge is 2.22. The van der Waals surface area contributed by atoms with Crippen molar-refractivity contribution >= 4 is 5.82 Å². The van der Waals surface area contributed by atoms with Gasteiger partial charge in [0.2, 0.25) is 0 Å². The second-order valence-electron chi connectivity index (χ2n) is 5.72. The molecule has 0 aromatic carbocycles. The van der Waals surface area contributed by atoms with E-state index in [0.717, 1.165) is 26.1 Å². The Morgan fingerprint density at radius 3 is 3.05 bits per heavy atom. The van der Waals surface area contributed by atoms with Crippen molar-refractivity contribution in [3.8, 4) is 0 Å². The molecule has 1 unspecified atom stereocenters. The molecule has 0 aliphatic carbocycles. The quantitative estimate of drug-likeness (QED) is 0.936. The summed E-state index contributed by atoms with van der Waals surface area (Å²) in [4.78, 5) is 11.0. The Kier molecular flexibility index (Phi) is 4.20. The molecule has 112 valence electrons. The molecular weight excluding hydrogens is 262 g/mol. The lowest BCUT2D eigenvalue weighted by Gasteiger charge is -2.34. The van der Waals surface area contributed by atoms with E-state index in [4.69, 9.17) is 5.73 Å². The number of aromatic nitrogens is 3. The summed E-state index contributed by atoms with van der Waals surface area (Å²) in [5.74, 6) is 1.79. The van der Waals surface area contributed by atoms with E-state index in [1.54, 1.807) is 6.20 Å². The van der Waals surface area contributed by atoms with Crippen LogP contribution in [0.1, 0.15) is 37.2 Å². The Morgan fingerprint density at radius 2 is 2.24 bits per heavy atom. The van der Waals surface area contributed by atoms with Gasteiger partial charge >= 0.3 is 0 Å². The van der Waals surface area contributed by atoms with Gasteiger partial charge in [0.15, 0.2) is 0 Å². The van der Waals surface area contributed by atoms with Gasteiger partial charge in [0.05, 0.1) is 0 Å². The Bertz CT molecular complexity index is 592. The third kappa shape index (κ3) is 3.24. The minimum atomic E-state index is 0.537. The molecule has 5 heteroatoms. The van der Waals surface area contributed by atoms with Crippen LogP contribution in [0.3, 0.4) is 0 Å². The van der Waals surface area contributed by atoms with E-state index in [9.17, 15) is 0 Å². The average Bonchev–Trinajstić information content (AvgIpc) is 2.96. The first-order valence-corrected chi connectivity index (χ1v) is 7.70. The number of nitrogens with two attached hydrogens (primary N) is 1. The summed E-state index contributed by atoms with van der Waals surface area (Å²) in [7, 11) is 0. The maximum Gasteiger partial charge on any atom is 0.123 e. The van der Waals surface area contributed by atoms with Crippen LogP contribution in [0.4, 0.5) is 5.82 Å². The molecule has 21 heavy (non-hydrogen) atoms. The third-order valence-electron chi connectivity index (χ3n) is 4.19. The number of imidazole rings is 1. The second kappa shape index (κ2) is 6.26. The van der Waals surface area contributed by atoms with E-state index in [-0.39, 0.29) is 0 Å². The number of nitrogens with zero attached hydrogens (tertiary/aromatic N) is 4. The molecule has 2 N–H and O–H groups in total. The van der Waals surface area contributed by atoms with Crippen LogP contribution in [-0.4, -0.2) is 32.5 Å². The highest BCUT2D eigenvalue weighted by Crippen LogP contribution is 2.24. The molecule has 1 fully saturated rings. The van der Waals surface area contributed by atoms with Gasteiger partial charge in [-0.25, -0.2) is 9.97 Å². The van der Waals surface area contributed by atoms with E-state index < -0.39 is 0 Å². The molecule has 1 atom stereocenters. The molecule has 1 aliphatic heterocycles. The van der Waals surface area contributed by atoms with Crippen molar-refractivity contribution in [2.45, 2.75) is 38.8 Å².